The van der Waals surface area contributed by atoms with Crippen LogP contribution in [0.5, 0.6) is 0 Å². The number of hydrogen-bond donors (Lipinski definition) is 1. The van der Waals surface area contributed by atoms with E-state index in [0.717, 1.165) is 36.7 Å². The fourth-order valence-electron chi connectivity index (χ4n) is 1.56. The van der Waals surface area contributed by atoms with Crippen molar-refractivity contribution in [3.63, 3.8) is 0 Å². The van der Waals surface area contributed by atoms with Crippen LogP contribution >= 0.6 is 28.3 Å². The van der Waals surface area contributed by atoms with Crippen LogP contribution in [0.3, 0.4) is 0 Å². The monoisotopic (exact) mass is 319 g/mol. The van der Waals surface area contributed by atoms with Crippen molar-refractivity contribution >= 4 is 28.3 Å². The number of nitrogens with one attached hydrogen (secondary N) is 1. The summed E-state index contributed by atoms with van der Waals surface area (Å²) in [5.41, 5.74) is 1.30. The second kappa shape index (κ2) is 8.09. The summed E-state index contributed by atoms with van der Waals surface area (Å²) < 4.78 is 6.68. The van der Waals surface area contributed by atoms with Gasteiger partial charge in [0.25, 0.3) is 0 Å². The molecule has 0 radical (unpaired) electrons. The smallest absolute Gasteiger partial charge is 0.0591 e. The third-order valence-corrected chi connectivity index (χ3v) is 3.19. The number of benzene rings is 1. The Morgan fingerprint density at radius 1 is 1.35 bits per heavy atom. The van der Waals surface area contributed by atoms with Crippen LogP contribution < -0.4 is 5.32 Å². The summed E-state index contributed by atoms with van der Waals surface area (Å²) in [6, 6.07) is 8.37. The standard InChI is InChI=1S/C13H18BrNO.ClH/c14-13-3-1-2-12(8-13)9-15-6-7-16-10-11-4-5-11;/h1-3,8,11,15H,4-7,9-10H2;1H. The van der Waals surface area contributed by atoms with Crippen LogP contribution in [0.4, 0.5) is 0 Å². The molecule has 0 heterocycles. The summed E-state index contributed by atoms with van der Waals surface area (Å²) in [6.07, 6.45) is 2.73. The van der Waals surface area contributed by atoms with Gasteiger partial charge in [-0.3, -0.25) is 0 Å². The SMILES string of the molecule is Brc1cccc(CNCCOCC2CC2)c1.Cl. The predicted octanol–water partition coefficient (Wildman–Crippen LogP) is 3.39. The van der Waals surface area contributed by atoms with Gasteiger partial charge in [-0.1, -0.05) is 28.1 Å². The minimum absolute atomic E-state index is 0. The minimum Gasteiger partial charge on any atom is -0.380 e. The van der Waals surface area contributed by atoms with Crippen molar-refractivity contribution < 1.29 is 4.74 Å². The van der Waals surface area contributed by atoms with E-state index >= 15 is 0 Å². The topological polar surface area (TPSA) is 21.3 Å². The van der Waals surface area contributed by atoms with E-state index in [4.69, 9.17) is 4.74 Å². The zero-order valence-electron chi connectivity index (χ0n) is 9.82. The molecular formula is C13H19BrClNO. The van der Waals surface area contributed by atoms with E-state index < -0.39 is 0 Å². The molecule has 0 bridgehead atoms. The molecule has 1 aliphatic rings. The quantitative estimate of drug-likeness (QED) is 0.778. The maximum absolute atomic E-state index is 5.55. The highest BCUT2D eigenvalue weighted by Crippen LogP contribution is 2.28. The number of ether oxygens (including phenoxy) is 1. The zero-order chi connectivity index (χ0) is 11.2. The molecule has 4 heteroatoms. The van der Waals surface area contributed by atoms with E-state index in [1.165, 1.54) is 18.4 Å². The third kappa shape index (κ3) is 6.41. The molecule has 1 aromatic carbocycles. The average molecular weight is 321 g/mol. The zero-order valence-corrected chi connectivity index (χ0v) is 12.2. The Balaban J connectivity index is 0.00000144. The van der Waals surface area contributed by atoms with Crippen LogP contribution in [0, 0.1) is 5.92 Å². The summed E-state index contributed by atoms with van der Waals surface area (Å²) >= 11 is 3.47. The van der Waals surface area contributed by atoms with Gasteiger partial charge in [0.15, 0.2) is 0 Å². The highest BCUT2D eigenvalue weighted by Gasteiger charge is 2.20. The maximum Gasteiger partial charge on any atom is 0.0591 e. The van der Waals surface area contributed by atoms with Gasteiger partial charge in [0.2, 0.25) is 0 Å². The Morgan fingerprint density at radius 3 is 2.88 bits per heavy atom. The maximum atomic E-state index is 5.55. The molecule has 0 spiro atoms. The molecule has 1 aromatic rings. The largest absolute Gasteiger partial charge is 0.380 e. The molecule has 1 saturated carbocycles. The van der Waals surface area contributed by atoms with Gasteiger partial charge in [-0.15, -0.1) is 12.4 Å². The average Bonchev–Trinajstić information content (AvgIpc) is 3.07. The second-order valence-corrected chi connectivity index (χ2v) is 5.24. The lowest BCUT2D eigenvalue weighted by atomic mass is 10.2. The Morgan fingerprint density at radius 2 is 2.18 bits per heavy atom. The van der Waals surface area contributed by atoms with Gasteiger partial charge >= 0.3 is 0 Å². The Labute approximate surface area is 118 Å². The lowest BCUT2D eigenvalue weighted by Gasteiger charge is -2.06. The van der Waals surface area contributed by atoms with E-state index in [0.29, 0.717) is 0 Å². The van der Waals surface area contributed by atoms with Crippen LogP contribution in [0.1, 0.15) is 18.4 Å². The van der Waals surface area contributed by atoms with Gasteiger partial charge in [0.05, 0.1) is 6.61 Å². The van der Waals surface area contributed by atoms with Crippen LogP contribution in [0.2, 0.25) is 0 Å². The summed E-state index contributed by atoms with van der Waals surface area (Å²) in [5, 5.41) is 3.38. The van der Waals surface area contributed by atoms with E-state index in [9.17, 15) is 0 Å². The van der Waals surface area contributed by atoms with Crippen LogP contribution in [0.25, 0.3) is 0 Å². The van der Waals surface area contributed by atoms with E-state index in [1.807, 2.05) is 6.07 Å². The number of halogens is 2. The number of hydrogen-bond acceptors (Lipinski definition) is 2. The van der Waals surface area contributed by atoms with Gasteiger partial charge in [0.1, 0.15) is 0 Å². The van der Waals surface area contributed by atoms with Gasteiger partial charge in [-0.05, 0) is 36.5 Å². The molecule has 0 unspecified atom stereocenters. The van der Waals surface area contributed by atoms with E-state index in [1.54, 1.807) is 0 Å². The van der Waals surface area contributed by atoms with Gasteiger partial charge in [-0.2, -0.15) is 0 Å². The molecule has 96 valence electrons. The molecule has 0 saturated heterocycles. The van der Waals surface area contributed by atoms with Crippen LogP contribution in [-0.2, 0) is 11.3 Å². The highest BCUT2D eigenvalue weighted by molar-refractivity contribution is 9.10. The first-order chi connectivity index (χ1) is 7.84. The molecule has 1 aliphatic carbocycles. The predicted molar refractivity (Wildman–Crippen MR) is 76.6 cm³/mol. The molecule has 17 heavy (non-hydrogen) atoms. The number of rotatable bonds is 7. The highest BCUT2D eigenvalue weighted by atomic mass is 79.9. The minimum atomic E-state index is 0. The van der Waals surface area contributed by atoms with Crippen molar-refractivity contribution in [2.24, 2.45) is 5.92 Å². The summed E-state index contributed by atoms with van der Waals surface area (Å²) in [7, 11) is 0. The molecule has 0 aromatic heterocycles. The molecule has 0 amide bonds. The van der Waals surface area contributed by atoms with Crippen molar-refractivity contribution in [3.8, 4) is 0 Å². The lowest BCUT2D eigenvalue weighted by molar-refractivity contribution is 0.126. The molecule has 0 aliphatic heterocycles. The first-order valence-electron chi connectivity index (χ1n) is 5.87. The normalized spacial score (nSPS) is 14.4. The van der Waals surface area contributed by atoms with Gasteiger partial charge < -0.3 is 10.1 Å². The van der Waals surface area contributed by atoms with Crippen molar-refractivity contribution in [2.45, 2.75) is 19.4 Å². The van der Waals surface area contributed by atoms with Crippen molar-refractivity contribution in [2.75, 3.05) is 19.8 Å². The van der Waals surface area contributed by atoms with Crippen molar-refractivity contribution in [1.82, 2.24) is 5.32 Å². The fourth-order valence-corrected chi connectivity index (χ4v) is 2.01. The Hall–Kier alpha value is -0.0900. The summed E-state index contributed by atoms with van der Waals surface area (Å²) in [4.78, 5) is 0. The Bertz CT molecular complexity index is 331. The molecule has 1 fully saturated rings. The summed E-state index contributed by atoms with van der Waals surface area (Å²) in [5.74, 6) is 0.866. The van der Waals surface area contributed by atoms with Crippen molar-refractivity contribution in [3.05, 3.63) is 34.3 Å². The molecular weight excluding hydrogens is 302 g/mol. The second-order valence-electron chi connectivity index (χ2n) is 4.32. The molecule has 2 rings (SSSR count). The van der Waals surface area contributed by atoms with Crippen LogP contribution in [-0.4, -0.2) is 19.8 Å². The molecule has 2 nitrogen and oxygen atoms in total. The first-order valence-corrected chi connectivity index (χ1v) is 6.67. The third-order valence-electron chi connectivity index (χ3n) is 2.69. The lowest BCUT2D eigenvalue weighted by Crippen LogP contribution is -2.19. The van der Waals surface area contributed by atoms with Crippen molar-refractivity contribution in [1.29, 1.82) is 0 Å². The van der Waals surface area contributed by atoms with E-state index in [-0.39, 0.29) is 12.4 Å². The van der Waals surface area contributed by atoms with E-state index in [2.05, 4.69) is 39.4 Å². The Kier molecular flexibility index (Phi) is 7.12. The van der Waals surface area contributed by atoms with Crippen LogP contribution in [0.15, 0.2) is 28.7 Å². The van der Waals surface area contributed by atoms with Gasteiger partial charge in [-0.25, -0.2) is 0 Å². The molecule has 0 atom stereocenters. The molecule has 1 N–H and O–H groups in total. The fraction of sp³-hybridized carbons (Fsp3) is 0.538. The van der Waals surface area contributed by atoms with Gasteiger partial charge in [0, 0.05) is 24.2 Å². The first kappa shape index (κ1) is 15.0. The summed E-state index contributed by atoms with van der Waals surface area (Å²) in [6.45, 7) is 3.62.